The van der Waals surface area contributed by atoms with Gasteiger partial charge in [0.1, 0.15) is 5.60 Å². The number of carboxylic acid groups (broad SMARTS) is 1. The molecule has 1 atom stereocenters. The maximum atomic E-state index is 12.1. The van der Waals surface area contributed by atoms with Gasteiger partial charge in [0, 0.05) is 0 Å². The molecule has 132 valence electrons. The van der Waals surface area contributed by atoms with Crippen LogP contribution in [0.1, 0.15) is 38.8 Å². The average molecular weight is 341 g/mol. The molecular formula is C20H23NO4. The van der Waals surface area contributed by atoms with Gasteiger partial charge in [0.05, 0.1) is 12.5 Å². The zero-order valence-electron chi connectivity index (χ0n) is 14.7. The van der Waals surface area contributed by atoms with Crippen LogP contribution in [0.2, 0.25) is 0 Å². The summed E-state index contributed by atoms with van der Waals surface area (Å²) < 4.78 is 5.24. The molecule has 0 aliphatic carbocycles. The first-order chi connectivity index (χ1) is 11.7. The first kappa shape index (κ1) is 18.5. The van der Waals surface area contributed by atoms with Gasteiger partial charge in [0.2, 0.25) is 0 Å². The molecule has 0 aliphatic heterocycles. The highest BCUT2D eigenvalue weighted by molar-refractivity contribution is 5.73. The maximum absolute atomic E-state index is 12.1. The van der Waals surface area contributed by atoms with Gasteiger partial charge in [-0.05, 0) is 43.5 Å². The summed E-state index contributed by atoms with van der Waals surface area (Å²) in [6.45, 7) is 5.28. The van der Waals surface area contributed by atoms with Crippen molar-refractivity contribution in [2.75, 3.05) is 0 Å². The second kappa shape index (κ2) is 7.83. The number of benzene rings is 2. The number of hydrogen-bond acceptors (Lipinski definition) is 3. The van der Waals surface area contributed by atoms with Gasteiger partial charge in [-0.3, -0.25) is 4.79 Å². The number of rotatable bonds is 5. The van der Waals surface area contributed by atoms with Crippen LogP contribution in [0.5, 0.6) is 0 Å². The van der Waals surface area contributed by atoms with Gasteiger partial charge in [-0.15, -0.1) is 0 Å². The summed E-state index contributed by atoms with van der Waals surface area (Å²) in [7, 11) is 0. The van der Waals surface area contributed by atoms with E-state index in [0.29, 0.717) is 0 Å². The van der Waals surface area contributed by atoms with E-state index in [1.165, 1.54) is 0 Å². The van der Waals surface area contributed by atoms with Crippen molar-refractivity contribution in [3.05, 3.63) is 60.2 Å². The molecular weight excluding hydrogens is 318 g/mol. The monoisotopic (exact) mass is 341 g/mol. The van der Waals surface area contributed by atoms with Crippen LogP contribution in [0.4, 0.5) is 4.79 Å². The van der Waals surface area contributed by atoms with Crippen molar-refractivity contribution in [2.45, 2.75) is 38.8 Å². The molecule has 0 fully saturated rings. The number of nitrogens with one attached hydrogen (secondary N) is 1. The Morgan fingerprint density at radius 2 is 1.68 bits per heavy atom. The standard InChI is InChI=1S/C20H23NO4/c1-20(2,3)25-19(24)21-17(13-18(22)23)16-11-7-10-15(12-16)14-8-5-4-6-9-14/h4-12,17H,13H2,1-3H3,(H,21,24)(H,22,23). The molecule has 2 aromatic rings. The second-order valence-corrected chi connectivity index (χ2v) is 6.79. The molecule has 0 saturated carbocycles. The summed E-state index contributed by atoms with van der Waals surface area (Å²) in [6.07, 6.45) is -0.860. The number of carbonyl (C=O) groups is 2. The number of hydrogen-bond donors (Lipinski definition) is 2. The molecule has 2 rings (SSSR count). The van der Waals surface area contributed by atoms with Crippen molar-refractivity contribution >= 4 is 12.1 Å². The van der Waals surface area contributed by atoms with Crippen LogP contribution in [-0.2, 0) is 9.53 Å². The number of carbonyl (C=O) groups excluding carboxylic acids is 1. The predicted molar refractivity (Wildman–Crippen MR) is 96.2 cm³/mol. The SMILES string of the molecule is CC(C)(C)OC(=O)NC(CC(=O)O)c1cccc(-c2ccccc2)c1. The van der Waals surface area contributed by atoms with E-state index in [2.05, 4.69) is 5.32 Å². The van der Waals surface area contributed by atoms with Gasteiger partial charge in [0.15, 0.2) is 0 Å². The topological polar surface area (TPSA) is 75.6 Å². The summed E-state index contributed by atoms with van der Waals surface area (Å²) in [6, 6.07) is 16.6. The van der Waals surface area contributed by atoms with E-state index in [0.717, 1.165) is 16.7 Å². The Labute approximate surface area is 147 Å². The third-order valence-corrected chi connectivity index (χ3v) is 3.47. The lowest BCUT2D eigenvalue weighted by molar-refractivity contribution is -0.137. The van der Waals surface area contributed by atoms with Gasteiger partial charge in [-0.2, -0.15) is 0 Å². The smallest absolute Gasteiger partial charge is 0.408 e. The highest BCUT2D eigenvalue weighted by atomic mass is 16.6. The molecule has 5 heteroatoms. The third kappa shape index (κ3) is 5.95. The number of alkyl carbamates (subject to hydrolysis) is 1. The first-order valence-electron chi connectivity index (χ1n) is 8.11. The largest absolute Gasteiger partial charge is 0.481 e. The van der Waals surface area contributed by atoms with Crippen molar-refractivity contribution in [2.24, 2.45) is 0 Å². The maximum Gasteiger partial charge on any atom is 0.408 e. The molecule has 0 aromatic heterocycles. The fourth-order valence-electron chi connectivity index (χ4n) is 2.44. The van der Waals surface area contributed by atoms with Crippen LogP contribution in [0, 0.1) is 0 Å². The summed E-state index contributed by atoms with van der Waals surface area (Å²) in [5.74, 6) is -0.994. The molecule has 25 heavy (non-hydrogen) atoms. The van der Waals surface area contributed by atoms with Crippen molar-refractivity contribution in [3.63, 3.8) is 0 Å². The van der Waals surface area contributed by atoms with Crippen molar-refractivity contribution in [3.8, 4) is 11.1 Å². The Kier molecular flexibility index (Phi) is 5.80. The van der Waals surface area contributed by atoms with E-state index in [1.54, 1.807) is 26.8 Å². The molecule has 1 amide bonds. The minimum atomic E-state index is -0.994. The van der Waals surface area contributed by atoms with E-state index >= 15 is 0 Å². The Balaban J connectivity index is 2.26. The van der Waals surface area contributed by atoms with E-state index in [9.17, 15) is 14.7 Å². The number of aliphatic carboxylic acids is 1. The highest BCUT2D eigenvalue weighted by Gasteiger charge is 2.22. The van der Waals surface area contributed by atoms with E-state index in [4.69, 9.17) is 4.74 Å². The number of amides is 1. The molecule has 0 saturated heterocycles. The third-order valence-electron chi connectivity index (χ3n) is 3.47. The fourth-order valence-corrected chi connectivity index (χ4v) is 2.44. The van der Waals surface area contributed by atoms with Crippen LogP contribution in [0.3, 0.4) is 0 Å². The average Bonchev–Trinajstić information content (AvgIpc) is 2.53. The Bertz CT molecular complexity index is 735. The Hall–Kier alpha value is -2.82. The Morgan fingerprint density at radius 3 is 2.28 bits per heavy atom. The summed E-state index contributed by atoms with van der Waals surface area (Å²) in [4.78, 5) is 23.3. The molecule has 0 spiro atoms. The van der Waals surface area contributed by atoms with E-state index < -0.39 is 23.7 Å². The molecule has 0 heterocycles. The molecule has 1 unspecified atom stereocenters. The number of carboxylic acids is 1. The zero-order chi connectivity index (χ0) is 18.4. The van der Waals surface area contributed by atoms with Crippen LogP contribution >= 0.6 is 0 Å². The minimum Gasteiger partial charge on any atom is -0.481 e. The van der Waals surface area contributed by atoms with Gasteiger partial charge >= 0.3 is 12.1 Å². The fraction of sp³-hybridized carbons (Fsp3) is 0.300. The van der Waals surface area contributed by atoms with E-state index in [1.807, 2.05) is 48.5 Å². The van der Waals surface area contributed by atoms with Crippen molar-refractivity contribution < 1.29 is 19.4 Å². The van der Waals surface area contributed by atoms with Gasteiger partial charge in [-0.1, -0.05) is 48.5 Å². The molecule has 0 aliphatic rings. The quantitative estimate of drug-likeness (QED) is 0.845. The van der Waals surface area contributed by atoms with Crippen LogP contribution in [-0.4, -0.2) is 22.8 Å². The molecule has 2 N–H and O–H groups in total. The summed E-state index contributed by atoms with van der Waals surface area (Å²) in [5, 5.41) is 11.8. The van der Waals surface area contributed by atoms with Crippen LogP contribution < -0.4 is 5.32 Å². The minimum absolute atomic E-state index is 0.225. The lowest BCUT2D eigenvalue weighted by atomic mass is 9.98. The number of ether oxygens (including phenoxy) is 1. The first-order valence-corrected chi connectivity index (χ1v) is 8.11. The molecule has 0 radical (unpaired) electrons. The van der Waals surface area contributed by atoms with Crippen LogP contribution in [0.25, 0.3) is 11.1 Å². The van der Waals surface area contributed by atoms with Crippen LogP contribution in [0.15, 0.2) is 54.6 Å². The highest BCUT2D eigenvalue weighted by Crippen LogP contribution is 2.25. The molecule has 2 aromatic carbocycles. The molecule has 5 nitrogen and oxygen atoms in total. The lowest BCUT2D eigenvalue weighted by Gasteiger charge is -2.23. The lowest BCUT2D eigenvalue weighted by Crippen LogP contribution is -2.35. The zero-order valence-corrected chi connectivity index (χ0v) is 14.7. The predicted octanol–water partition coefficient (Wildman–Crippen LogP) is 4.39. The molecule has 0 bridgehead atoms. The van der Waals surface area contributed by atoms with Gasteiger partial charge in [-0.25, -0.2) is 4.79 Å². The Morgan fingerprint density at radius 1 is 1.04 bits per heavy atom. The van der Waals surface area contributed by atoms with Gasteiger partial charge in [0.25, 0.3) is 0 Å². The summed E-state index contributed by atoms with van der Waals surface area (Å²) in [5.41, 5.74) is 2.05. The van der Waals surface area contributed by atoms with Crippen molar-refractivity contribution in [1.82, 2.24) is 5.32 Å². The normalized spacial score (nSPS) is 12.3. The van der Waals surface area contributed by atoms with E-state index in [-0.39, 0.29) is 6.42 Å². The van der Waals surface area contributed by atoms with Crippen molar-refractivity contribution in [1.29, 1.82) is 0 Å². The summed E-state index contributed by atoms with van der Waals surface area (Å²) >= 11 is 0. The second-order valence-electron chi connectivity index (χ2n) is 6.79. The van der Waals surface area contributed by atoms with Gasteiger partial charge < -0.3 is 15.2 Å².